The maximum Gasteiger partial charge on any atom is 0.183 e. The molecule has 0 radical (unpaired) electrons. The molecule has 0 aliphatic heterocycles. The summed E-state index contributed by atoms with van der Waals surface area (Å²) in [6.45, 7) is 3.13. The molecule has 96 valence electrons. The van der Waals surface area contributed by atoms with Crippen molar-refractivity contribution in [3.63, 3.8) is 0 Å². The van der Waals surface area contributed by atoms with Gasteiger partial charge in [0.25, 0.3) is 0 Å². The molecule has 1 aromatic heterocycles. The van der Waals surface area contributed by atoms with Crippen LogP contribution in [0.15, 0.2) is 48.7 Å². The van der Waals surface area contributed by atoms with E-state index in [2.05, 4.69) is 59.7 Å². The van der Waals surface area contributed by atoms with E-state index in [0.717, 1.165) is 18.1 Å². The Hall–Kier alpha value is -1.87. The second kappa shape index (κ2) is 5.41. The topological polar surface area (TPSA) is 24.9 Å². The van der Waals surface area contributed by atoms with Crippen molar-refractivity contribution in [3.8, 4) is 10.4 Å². The Morgan fingerprint density at radius 2 is 1.95 bits per heavy atom. The molecule has 1 heterocycles. The molecule has 0 aliphatic rings. The molecule has 0 saturated heterocycles. The van der Waals surface area contributed by atoms with Crippen LogP contribution in [0.5, 0.6) is 0 Å². The molecule has 3 aromatic rings. The molecule has 0 bridgehead atoms. The van der Waals surface area contributed by atoms with Gasteiger partial charge in [-0.1, -0.05) is 54.7 Å². The van der Waals surface area contributed by atoms with Crippen LogP contribution < -0.4 is 5.32 Å². The van der Waals surface area contributed by atoms with Gasteiger partial charge in [0.2, 0.25) is 0 Å². The van der Waals surface area contributed by atoms with Gasteiger partial charge >= 0.3 is 0 Å². The Labute approximate surface area is 117 Å². The number of benzene rings is 2. The quantitative estimate of drug-likeness (QED) is 0.736. The molecule has 2 nitrogen and oxygen atoms in total. The van der Waals surface area contributed by atoms with Crippen molar-refractivity contribution in [2.45, 2.75) is 13.3 Å². The molecule has 0 unspecified atom stereocenters. The van der Waals surface area contributed by atoms with Gasteiger partial charge in [-0.2, -0.15) is 0 Å². The number of anilines is 1. The zero-order valence-corrected chi connectivity index (χ0v) is 11.7. The first-order valence-electron chi connectivity index (χ1n) is 6.55. The lowest BCUT2D eigenvalue weighted by Crippen LogP contribution is -1.97. The third-order valence-corrected chi connectivity index (χ3v) is 4.07. The predicted molar refractivity (Wildman–Crippen MR) is 83.8 cm³/mol. The highest BCUT2D eigenvalue weighted by atomic mass is 32.1. The van der Waals surface area contributed by atoms with Crippen molar-refractivity contribution in [2.24, 2.45) is 0 Å². The van der Waals surface area contributed by atoms with Gasteiger partial charge in [-0.05, 0) is 28.8 Å². The summed E-state index contributed by atoms with van der Waals surface area (Å²) in [5.41, 5.74) is 1.24. The fourth-order valence-electron chi connectivity index (χ4n) is 2.06. The van der Waals surface area contributed by atoms with E-state index in [9.17, 15) is 0 Å². The smallest absolute Gasteiger partial charge is 0.183 e. The van der Waals surface area contributed by atoms with E-state index < -0.39 is 0 Å². The highest BCUT2D eigenvalue weighted by Gasteiger charge is 2.04. The molecule has 1 N–H and O–H groups in total. The molecule has 3 heteroatoms. The molecule has 3 rings (SSSR count). The molecular formula is C16H16N2S. The first kappa shape index (κ1) is 12.2. The van der Waals surface area contributed by atoms with Crippen LogP contribution in [0.1, 0.15) is 13.3 Å². The van der Waals surface area contributed by atoms with E-state index in [4.69, 9.17) is 0 Å². The van der Waals surface area contributed by atoms with Crippen molar-refractivity contribution in [2.75, 3.05) is 11.9 Å². The second-order valence-electron chi connectivity index (χ2n) is 4.52. The van der Waals surface area contributed by atoms with E-state index >= 15 is 0 Å². The van der Waals surface area contributed by atoms with Gasteiger partial charge < -0.3 is 5.32 Å². The van der Waals surface area contributed by atoms with Crippen LogP contribution in [0.4, 0.5) is 5.13 Å². The van der Waals surface area contributed by atoms with Crippen LogP contribution in [0.25, 0.3) is 21.2 Å². The van der Waals surface area contributed by atoms with E-state index in [1.807, 2.05) is 6.20 Å². The van der Waals surface area contributed by atoms with E-state index in [1.54, 1.807) is 11.3 Å². The molecule has 0 amide bonds. The third kappa shape index (κ3) is 2.61. The van der Waals surface area contributed by atoms with Crippen molar-refractivity contribution in [1.29, 1.82) is 0 Å². The van der Waals surface area contributed by atoms with Gasteiger partial charge in [0.15, 0.2) is 5.13 Å². The average Bonchev–Trinajstić information content (AvgIpc) is 2.93. The standard InChI is InChI=1S/C16H16N2S/c1-2-9-17-16-18-11-15(19-16)14-8-7-12-5-3-4-6-13(12)10-14/h3-8,10-11H,2,9H2,1H3,(H,17,18). The molecule has 0 saturated carbocycles. The number of fused-ring (bicyclic) bond motifs is 1. The van der Waals surface area contributed by atoms with Gasteiger partial charge in [0, 0.05) is 12.7 Å². The molecule has 0 atom stereocenters. The van der Waals surface area contributed by atoms with Crippen molar-refractivity contribution in [1.82, 2.24) is 4.98 Å². The lowest BCUT2D eigenvalue weighted by atomic mass is 10.1. The number of nitrogens with zero attached hydrogens (tertiary/aromatic N) is 1. The number of thiazole rings is 1. The number of aromatic nitrogens is 1. The fourth-order valence-corrected chi connectivity index (χ4v) is 2.90. The average molecular weight is 268 g/mol. The zero-order valence-electron chi connectivity index (χ0n) is 10.9. The monoisotopic (exact) mass is 268 g/mol. The molecule has 2 aromatic carbocycles. The summed E-state index contributed by atoms with van der Waals surface area (Å²) < 4.78 is 0. The Bertz CT molecular complexity index is 688. The Morgan fingerprint density at radius 1 is 1.11 bits per heavy atom. The molecule has 0 aliphatic carbocycles. The number of nitrogens with one attached hydrogen (secondary N) is 1. The number of hydrogen-bond donors (Lipinski definition) is 1. The van der Waals surface area contributed by atoms with E-state index in [0.29, 0.717) is 0 Å². The van der Waals surface area contributed by atoms with Gasteiger partial charge in [0.05, 0.1) is 4.88 Å². The molecule has 0 fully saturated rings. The van der Waals surface area contributed by atoms with Crippen LogP contribution in [0.3, 0.4) is 0 Å². The highest BCUT2D eigenvalue weighted by Crippen LogP contribution is 2.30. The van der Waals surface area contributed by atoms with Crippen molar-refractivity contribution in [3.05, 3.63) is 48.7 Å². The Balaban J connectivity index is 1.92. The number of rotatable bonds is 4. The van der Waals surface area contributed by atoms with Crippen LogP contribution in [-0.4, -0.2) is 11.5 Å². The Kier molecular flexibility index (Phi) is 3.47. The largest absolute Gasteiger partial charge is 0.362 e. The van der Waals surface area contributed by atoms with Crippen LogP contribution in [0.2, 0.25) is 0 Å². The maximum atomic E-state index is 4.42. The van der Waals surface area contributed by atoms with Gasteiger partial charge in [0.1, 0.15) is 0 Å². The van der Waals surface area contributed by atoms with Crippen LogP contribution >= 0.6 is 11.3 Å². The fraction of sp³-hybridized carbons (Fsp3) is 0.188. The third-order valence-electron chi connectivity index (χ3n) is 3.07. The van der Waals surface area contributed by atoms with Crippen molar-refractivity contribution < 1.29 is 0 Å². The minimum atomic E-state index is 0.977. The maximum absolute atomic E-state index is 4.42. The molecule has 0 spiro atoms. The summed E-state index contributed by atoms with van der Waals surface area (Å²) in [5.74, 6) is 0. The minimum Gasteiger partial charge on any atom is -0.362 e. The first-order valence-corrected chi connectivity index (χ1v) is 7.37. The normalized spacial score (nSPS) is 10.8. The molecule has 19 heavy (non-hydrogen) atoms. The second-order valence-corrected chi connectivity index (χ2v) is 5.55. The first-order chi connectivity index (χ1) is 9.36. The van der Waals surface area contributed by atoms with Gasteiger partial charge in [-0.15, -0.1) is 0 Å². The highest BCUT2D eigenvalue weighted by molar-refractivity contribution is 7.18. The van der Waals surface area contributed by atoms with Crippen LogP contribution in [-0.2, 0) is 0 Å². The van der Waals surface area contributed by atoms with Crippen LogP contribution in [0, 0.1) is 0 Å². The summed E-state index contributed by atoms with van der Waals surface area (Å²) in [7, 11) is 0. The predicted octanol–water partition coefficient (Wildman–Crippen LogP) is 4.79. The van der Waals surface area contributed by atoms with Gasteiger partial charge in [-0.3, -0.25) is 0 Å². The lowest BCUT2D eigenvalue weighted by molar-refractivity contribution is 0.976. The van der Waals surface area contributed by atoms with E-state index in [1.165, 1.54) is 21.2 Å². The lowest BCUT2D eigenvalue weighted by Gasteiger charge is -2.01. The minimum absolute atomic E-state index is 0.977. The summed E-state index contributed by atoms with van der Waals surface area (Å²) >= 11 is 1.71. The summed E-state index contributed by atoms with van der Waals surface area (Å²) in [6, 6.07) is 15.0. The van der Waals surface area contributed by atoms with E-state index in [-0.39, 0.29) is 0 Å². The number of hydrogen-bond acceptors (Lipinski definition) is 3. The Morgan fingerprint density at radius 3 is 2.79 bits per heavy atom. The molecular weight excluding hydrogens is 252 g/mol. The van der Waals surface area contributed by atoms with Crippen molar-refractivity contribution >= 4 is 27.2 Å². The summed E-state index contributed by atoms with van der Waals surface area (Å²) in [4.78, 5) is 5.63. The zero-order chi connectivity index (χ0) is 13.1. The van der Waals surface area contributed by atoms with Gasteiger partial charge in [-0.25, -0.2) is 4.98 Å². The SMILES string of the molecule is CCCNc1ncc(-c2ccc3ccccc3c2)s1. The summed E-state index contributed by atoms with van der Waals surface area (Å²) in [5, 5.41) is 6.89. The summed E-state index contributed by atoms with van der Waals surface area (Å²) in [6.07, 6.45) is 3.07.